The normalized spacial score (nSPS) is 10.6. The van der Waals surface area contributed by atoms with E-state index in [1.165, 1.54) is 4.90 Å². The maximum absolute atomic E-state index is 4.11. The van der Waals surface area contributed by atoms with Crippen molar-refractivity contribution < 1.29 is 0 Å². The van der Waals surface area contributed by atoms with Crippen molar-refractivity contribution in [1.82, 2.24) is 15.0 Å². The van der Waals surface area contributed by atoms with Crippen molar-refractivity contribution in [2.24, 2.45) is 0 Å². The summed E-state index contributed by atoms with van der Waals surface area (Å²) in [5.41, 5.74) is 1.05. The lowest BCUT2D eigenvalue weighted by atomic mass is 10.4. The second-order valence-electron chi connectivity index (χ2n) is 3.57. The SMILES string of the molecule is BrCCc1cn(CCSc2ccccc2)nn1. The molecule has 17 heavy (non-hydrogen) atoms. The van der Waals surface area contributed by atoms with Gasteiger partial charge in [0.05, 0.1) is 12.2 Å². The number of alkyl halides is 1. The molecule has 0 N–H and O–H groups in total. The number of thioether (sulfide) groups is 1. The van der Waals surface area contributed by atoms with Crippen molar-refractivity contribution in [3.05, 3.63) is 42.2 Å². The molecule has 0 aliphatic heterocycles. The highest BCUT2D eigenvalue weighted by Gasteiger charge is 2.00. The van der Waals surface area contributed by atoms with Gasteiger partial charge in [-0.3, -0.25) is 4.68 Å². The van der Waals surface area contributed by atoms with E-state index in [4.69, 9.17) is 0 Å². The van der Waals surface area contributed by atoms with Crippen LogP contribution in [0.4, 0.5) is 0 Å². The van der Waals surface area contributed by atoms with Crippen LogP contribution in [-0.4, -0.2) is 26.1 Å². The molecule has 0 spiro atoms. The quantitative estimate of drug-likeness (QED) is 0.607. The Bertz CT molecular complexity index is 444. The molecule has 0 bridgehead atoms. The summed E-state index contributed by atoms with van der Waals surface area (Å²) in [6.07, 6.45) is 2.96. The number of hydrogen-bond donors (Lipinski definition) is 0. The lowest BCUT2D eigenvalue weighted by Crippen LogP contribution is -2.00. The van der Waals surface area contributed by atoms with E-state index in [2.05, 4.69) is 50.5 Å². The van der Waals surface area contributed by atoms with Crippen molar-refractivity contribution in [2.75, 3.05) is 11.1 Å². The molecular weight excluding hydrogens is 298 g/mol. The van der Waals surface area contributed by atoms with E-state index in [0.717, 1.165) is 29.7 Å². The van der Waals surface area contributed by atoms with Crippen molar-refractivity contribution in [2.45, 2.75) is 17.9 Å². The molecule has 5 heteroatoms. The molecule has 0 aliphatic carbocycles. The van der Waals surface area contributed by atoms with Crippen LogP contribution in [0.1, 0.15) is 5.69 Å². The maximum Gasteiger partial charge on any atom is 0.0835 e. The summed E-state index contributed by atoms with van der Waals surface area (Å²) >= 11 is 5.24. The molecule has 1 aromatic carbocycles. The van der Waals surface area contributed by atoms with E-state index in [1.54, 1.807) is 0 Å². The topological polar surface area (TPSA) is 30.7 Å². The number of halogens is 1. The van der Waals surface area contributed by atoms with Gasteiger partial charge in [0, 0.05) is 28.6 Å². The third-order valence-electron chi connectivity index (χ3n) is 2.27. The number of benzene rings is 1. The summed E-state index contributed by atoms with van der Waals surface area (Å²) < 4.78 is 1.91. The first-order chi connectivity index (χ1) is 8.38. The van der Waals surface area contributed by atoms with Gasteiger partial charge in [0.15, 0.2) is 0 Å². The molecule has 3 nitrogen and oxygen atoms in total. The fourth-order valence-electron chi connectivity index (χ4n) is 1.43. The summed E-state index contributed by atoms with van der Waals surface area (Å²) in [4.78, 5) is 1.30. The summed E-state index contributed by atoms with van der Waals surface area (Å²) in [6, 6.07) is 10.4. The molecular formula is C12H14BrN3S. The number of rotatable bonds is 6. The van der Waals surface area contributed by atoms with Gasteiger partial charge in [-0.15, -0.1) is 16.9 Å². The highest BCUT2D eigenvalue weighted by atomic mass is 79.9. The number of aryl methyl sites for hydroxylation is 2. The van der Waals surface area contributed by atoms with E-state index in [1.807, 2.05) is 28.7 Å². The summed E-state index contributed by atoms with van der Waals surface area (Å²) in [5.74, 6) is 1.02. The Morgan fingerprint density at radius 2 is 2.06 bits per heavy atom. The Hall–Kier alpha value is -0.810. The van der Waals surface area contributed by atoms with E-state index >= 15 is 0 Å². The maximum atomic E-state index is 4.11. The largest absolute Gasteiger partial charge is 0.251 e. The van der Waals surface area contributed by atoms with Crippen molar-refractivity contribution in [1.29, 1.82) is 0 Å². The smallest absolute Gasteiger partial charge is 0.0835 e. The molecule has 2 aromatic rings. The summed E-state index contributed by atoms with van der Waals surface area (Å²) in [7, 11) is 0. The third-order valence-corrected chi connectivity index (χ3v) is 3.66. The molecule has 1 aromatic heterocycles. The monoisotopic (exact) mass is 311 g/mol. The van der Waals surface area contributed by atoms with Gasteiger partial charge in [-0.05, 0) is 12.1 Å². The first kappa shape index (κ1) is 12.6. The molecule has 2 rings (SSSR count). The van der Waals surface area contributed by atoms with Crippen molar-refractivity contribution >= 4 is 27.7 Å². The molecule has 0 fully saturated rings. The Balaban J connectivity index is 1.78. The van der Waals surface area contributed by atoms with Gasteiger partial charge < -0.3 is 0 Å². The van der Waals surface area contributed by atoms with Crippen molar-refractivity contribution in [3.8, 4) is 0 Å². The van der Waals surface area contributed by atoms with Gasteiger partial charge in [0.25, 0.3) is 0 Å². The van der Waals surface area contributed by atoms with E-state index in [0.29, 0.717) is 0 Å². The van der Waals surface area contributed by atoms with Gasteiger partial charge in [-0.1, -0.05) is 39.3 Å². The molecule has 0 saturated heterocycles. The second-order valence-corrected chi connectivity index (χ2v) is 5.53. The van der Waals surface area contributed by atoms with Crippen LogP contribution >= 0.6 is 27.7 Å². The molecule has 0 unspecified atom stereocenters. The highest BCUT2D eigenvalue weighted by molar-refractivity contribution is 9.09. The minimum absolute atomic E-state index is 0.898. The number of hydrogen-bond acceptors (Lipinski definition) is 3. The number of aromatic nitrogens is 3. The van der Waals surface area contributed by atoms with Gasteiger partial charge in [0.2, 0.25) is 0 Å². The van der Waals surface area contributed by atoms with Crippen LogP contribution in [0.25, 0.3) is 0 Å². The first-order valence-electron chi connectivity index (χ1n) is 5.51. The number of nitrogens with zero attached hydrogens (tertiary/aromatic N) is 3. The van der Waals surface area contributed by atoms with Crippen LogP contribution < -0.4 is 0 Å². The van der Waals surface area contributed by atoms with E-state index in [9.17, 15) is 0 Å². The molecule has 0 atom stereocenters. The summed E-state index contributed by atoms with van der Waals surface area (Å²) in [5, 5.41) is 9.14. The lowest BCUT2D eigenvalue weighted by molar-refractivity contribution is 0.632. The Kier molecular flexibility index (Phi) is 5.07. The standard InChI is InChI=1S/C12H14BrN3S/c13-7-6-11-10-16(15-14-11)8-9-17-12-4-2-1-3-5-12/h1-5,10H,6-9H2. The molecule has 0 amide bonds. The fraction of sp³-hybridized carbons (Fsp3) is 0.333. The van der Waals surface area contributed by atoms with Crippen LogP contribution in [0.15, 0.2) is 41.4 Å². The van der Waals surface area contributed by atoms with E-state index in [-0.39, 0.29) is 0 Å². The third kappa shape index (κ3) is 4.16. The molecule has 0 radical (unpaired) electrons. The zero-order chi connectivity index (χ0) is 11.9. The predicted octanol–water partition coefficient (Wildman–Crippen LogP) is 3.01. The summed E-state index contributed by atoms with van der Waals surface area (Å²) in [6.45, 7) is 0.898. The van der Waals surface area contributed by atoms with Crippen LogP contribution in [0.2, 0.25) is 0 Å². The Morgan fingerprint density at radius 3 is 2.82 bits per heavy atom. The molecule has 0 saturated carbocycles. The Labute approximate surface area is 114 Å². The Morgan fingerprint density at radius 1 is 1.24 bits per heavy atom. The molecule has 0 aliphatic rings. The van der Waals surface area contributed by atoms with Gasteiger partial charge in [-0.2, -0.15) is 0 Å². The molecule has 1 heterocycles. The van der Waals surface area contributed by atoms with Crippen LogP contribution in [0.3, 0.4) is 0 Å². The molecule has 90 valence electrons. The fourth-order valence-corrected chi connectivity index (χ4v) is 2.70. The van der Waals surface area contributed by atoms with Crippen LogP contribution in [-0.2, 0) is 13.0 Å². The zero-order valence-electron chi connectivity index (χ0n) is 9.42. The van der Waals surface area contributed by atoms with Gasteiger partial charge in [-0.25, -0.2) is 0 Å². The van der Waals surface area contributed by atoms with Crippen LogP contribution in [0, 0.1) is 0 Å². The van der Waals surface area contributed by atoms with Crippen molar-refractivity contribution in [3.63, 3.8) is 0 Å². The second kappa shape index (κ2) is 6.81. The zero-order valence-corrected chi connectivity index (χ0v) is 11.8. The first-order valence-corrected chi connectivity index (χ1v) is 7.62. The minimum atomic E-state index is 0.898. The van der Waals surface area contributed by atoms with Gasteiger partial charge >= 0.3 is 0 Å². The minimum Gasteiger partial charge on any atom is -0.251 e. The van der Waals surface area contributed by atoms with Gasteiger partial charge in [0.1, 0.15) is 0 Å². The average molecular weight is 312 g/mol. The lowest BCUT2D eigenvalue weighted by Gasteiger charge is -2.00. The average Bonchev–Trinajstić information content (AvgIpc) is 2.79. The van der Waals surface area contributed by atoms with Crippen LogP contribution in [0.5, 0.6) is 0 Å². The predicted molar refractivity (Wildman–Crippen MR) is 74.7 cm³/mol. The highest BCUT2D eigenvalue weighted by Crippen LogP contribution is 2.16. The van der Waals surface area contributed by atoms with E-state index < -0.39 is 0 Å².